The lowest BCUT2D eigenvalue weighted by Crippen LogP contribution is -2.54. The quantitative estimate of drug-likeness (QED) is 0.790. The zero-order chi connectivity index (χ0) is 16.6. The van der Waals surface area contributed by atoms with Crippen LogP contribution < -0.4 is 5.32 Å². The average molecular weight is 323 g/mol. The van der Waals surface area contributed by atoms with Crippen molar-refractivity contribution in [2.45, 2.75) is 50.6 Å². The molecular weight excluding hydrogens is 298 g/mol. The van der Waals surface area contributed by atoms with Crippen molar-refractivity contribution < 1.29 is 19.5 Å². The van der Waals surface area contributed by atoms with Gasteiger partial charge in [-0.25, -0.2) is 4.79 Å². The number of nitrogens with one attached hydrogen (secondary N) is 1. The lowest BCUT2D eigenvalue weighted by Gasteiger charge is -2.37. The topological polar surface area (TPSA) is 89.9 Å². The Morgan fingerprint density at radius 1 is 1.17 bits per heavy atom. The molecule has 7 nitrogen and oxygen atoms in total. The molecule has 0 spiro atoms. The number of likely N-dealkylation sites (tertiary alicyclic amines) is 2. The van der Waals surface area contributed by atoms with Gasteiger partial charge in [-0.2, -0.15) is 0 Å². The average Bonchev–Trinajstić information content (AvgIpc) is 2.83. The Morgan fingerprint density at radius 2 is 1.87 bits per heavy atom. The van der Waals surface area contributed by atoms with E-state index < -0.39 is 5.97 Å². The summed E-state index contributed by atoms with van der Waals surface area (Å²) in [6.45, 7) is 1.31. The predicted molar refractivity (Wildman–Crippen MR) is 82.8 cm³/mol. The third-order valence-electron chi connectivity index (χ3n) is 5.60. The Hall–Kier alpha value is -1.79. The van der Waals surface area contributed by atoms with Crippen LogP contribution in [-0.4, -0.2) is 65.0 Å². The molecule has 1 saturated carbocycles. The summed E-state index contributed by atoms with van der Waals surface area (Å²) < 4.78 is 0. The molecule has 0 aromatic heterocycles. The van der Waals surface area contributed by atoms with E-state index in [9.17, 15) is 14.4 Å². The summed E-state index contributed by atoms with van der Waals surface area (Å²) in [5, 5.41) is 12.1. The number of carboxylic acid groups (broad SMARTS) is 1. The highest BCUT2D eigenvalue weighted by atomic mass is 16.4. The third kappa shape index (κ3) is 3.14. The molecule has 3 aliphatic rings. The highest BCUT2D eigenvalue weighted by Crippen LogP contribution is 2.31. The Balaban J connectivity index is 1.56. The number of carboxylic acids is 1. The van der Waals surface area contributed by atoms with Crippen LogP contribution in [0.2, 0.25) is 0 Å². The molecule has 0 radical (unpaired) electrons. The summed E-state index contributed by atoms with van der Waals surface area (Å²) in [5.41, 5.74) is 0. The lowest BCUT2D eigenvalue weighted by atomic mass is 9.86. The molecule has 128 valence electrons. The summed E-state index contributed by atoms with van der Waals surface area (Å²) in [7, 11) is 1.80. The Bertz CT molecular complexity index is 502. The molecule has 0 bridgehead atoms. The minimum absolute atomic E-state index is 0.0170. The zero-order valence-corrected chi connectivity index (χ0v) is 13.5. The first-order chi connectivity index (χ1) is 11.0. The van der Waals surface area contributed by atoms with Gasteiger partial charge in [-0.3, -0.25) is 9.59 Å². The fourth-order valence-electron chi connectivity index (χ4n) is 4.22. The van der Waals surface area contributed by atoms with Crippen LogP contribution in [0.1, 0.15) is 38.5 Å². The molecule has 0 aromatic carbocycles. The normalized spacial score (nSPS) is 34.2. The molecule has 1 aliphatic carbocycles. The molecule has 3 rings (SSSR count). The van der Waals surface area contributed by atoms with Crippen molar-refractivity contribution in [3.63, 3.8) is 0 Å². The molecule has 2 saturated heterocycles. The maximum Gasteiger partial charge on any atom is 0.317 e. The van der Waals surface area contributed by atoms with Crippen LogP contribution in [0, 0.1) is 11.8 Å². The van der Waals surface area contributed by atoms with Crippen LogP contribution in [0.3, 0.4) is 0 Å². The summed E-state index contributed by atoms with van der Waals surface area (Å²) >= 11 is 0. The monoisotopic (exact) mass is 323 g/mol. The second-order valence-electron chi connectivity index (χ2n) is 7.06. The molecule has 2 atom stereocenters. The van der Waals surface area contributed by atoms with E-state index in [-0.39, 0.29) is 35.9 Å². The van der Waals surface area contributed by atoms with E-state index in [1.165, 1.54) is 0 Å². The van der Waals surface area contributed by atoms with Gasteiger partial charge in [0.1, 0.15) is 0 Å². The van der Waals surface area contributed by atoms with Gasteiger partial charge in [0.05, 0.1) is 17.9 Å². The number of nitrogens with zero attached hydrogens (tertiary/aromatic N) is 2. The number of piperidine rings is 1. The summed E-state index contributed by atoms with van der Waals surface area (Å²) in [5.74, 6) is -0.915. The van der Waals surface area contributed by atoms with Gasteiger partial charge < -0.3 is 20.2 Å². The first-order valence-electron chi connectivity index (χ1n) is 8.52. The van der Waals surface area contributed by atoms with Crippen LogP contribution in [0.5, 0.6) is 0 Å². The van der Waals surface area contributed by atoms with Gasteiger partial charge >= 0.3 is 12.0 Å². The van der Waals surface area contributed by atoms with E-state index >= 15 is 0 Å². The maximum atomic E-state index is 12.6. The van der Waals surface area contributed by atoms with Gasteiger partial charge in [0.15, 0.2) is 0 Å². The number of carbonyl (C=O) groups is 3. The molecular formula is C16H25N3O4. The number of fused-ring (bicyclic) bond motifs is 1. The van der Waals surface area contributed by atoms with Gasteiger partial charge in [-0.05, 0) is 38.5 Å². The van der Waals surface area contributed by atoms with Crippen LogP contribution in [0.25, 0.3) is 0 Å². The zero-order valence-electron chi connectivity index (χ0n) is 13.5. The predicted octanol–water partition coefficient (Wildman–Crippen LogP) is 0.892. The number of urea groups is 1. The van der Waals surface area contributed by atoms with E-state index in [4.69, 9.17) is 5.11 Å². The standard InChI is InChI=1S/C16H25N3O4/c1-18-9-13-12(14(18)20)3-2-8-19(13)16(23)17-11-6-4-10(5-7-11)15(21)22/h10-13H,2-9H2,1H3,(H,17,23)(H,21,22)/t10?,11?,12-,13-/m1/s1. The number of aliphatic carboxylic acids is 1. The highest BCUT2D eigenvalue weighted by Gasteiger charge is 2.45. The number of rotatable bonds is 2. The Morgan fingerprint density at radius 3 is 2.52 bits per heavy atom. The fraction of sp³-hybridized carbons (Fsp3) is 0.812. The van der Waals surface area contributed by atoms with Gasteiger partial charge in [0.25, 0.3) is 0 Å². The number of hydrogen-bond donors (Lipinski definition) is 2. The molecule has 2 heterocycles. The molecule has 3 fully saturated rings. The summed E-state index contributed by atoms with van der Waals surface area (Å²) in [6.07, 6.45) is 4.38. The van der Waals surface area contributed by atoms with Crippen LogP contribution in [0.15, 0.2) is 0 Å². The van der Waals surface area contributed by atoms with Crippen LogP contribution in [-0.2, 0) is 9.59 Å². The second kappa shape index (κ2) is 6.37. The first kappa shape index (κ1) is 16.1. The number of likely N-dealkylation sites (N-methyl/N-ethyl adjacent to an activating group) is 1. The fourth-order valence-corrected chi connectivity index (χ4v) is 4.22. The minimum atomic E-state index is -0.735. The number of hydrogen-bond acceptors (Lipinski definition) is 3. The lowest BCUT2D eigenvalue weighted by molar-refractivity contribution is -0.142. The largest absolute Gasteiger partial charge is 0.481 e. The third-order valence-corrected chi connectivity index (χ3v) is 5.60. The number of carbonyl (C=O) groups excluding carboxylic acids is 2. The van der Waals surface area contributed by atoms with Crippen molar-refractivity contribution >= 4 is 17.9 Å². The molecule has 3 amide bonds. The van der Waals surface area contributed by atoms with E-state index in [1.54, 1.807) is 11.9 Å². The van der Waals surface area contributed by atoms with Crippen molar-refractivity contribution in [3.05, 3.63) is 0 Å². The van der Waals surface area contributed by atoms with E-state index in [0.29, 0.717) is 38.8 Å². The van der Waals surface area contributed by atoms with E-state index in [0.717, 1.165) is 12.8 Å². The highest BCUT2D eigenvalue weighted by molar-refractivity contribution is 5.84. The SMILES string of the molecule is CN1C[C@@H]2[C@@H](CCCN2C(=O)NC2CCC(C(=O)O)CC2)C1=O. The van der Waals surface area contributed by atoms with E-state index in [2.05, 4.69) is 5.32 Å². The maximum absolute atomic E-state index is 12.6. The minimum Gasteiger partial charge on any atom is -0.481 e. The molecule has 7 heteroatoms. The van der Waals surface area contributed by atoms with Gasteiger partial charge in [-0.15, -0.1) is 0 Å². The Labute approximate surface area is 136 Å². The Kier molecular flexibility index (Phi) is 4.46. The molecule has 0 aromatic rings. The van der Waals surface area contributed by atoms with Crippen molar-refractivity contribution in [2.24, 2.45) is 11.8 Å². The summed E-state index contributed by atoms with van der Waals surface area (Å²) in [4.78, 5) is 39.2. The van der Waals surface area contributed by atoms with Gasteiger partial charge in [0, 0.05) is 26.2 Å². The number of amides is 3. The van der Waals surface area contributed by atoms with E-state index in [1.807, 2.05) is 4.90 Å². The van der Waals surface area contributed by atoms with Crippen LogP contribution in [0.4, 0.5) is 4.79 Å². The first-order valence-corrected chi connectivity index (χ1v) is 8.52. The van der Waals surface area contributed by atoms with Crippen molar-refractivity contribution in [1.82, 2.24) is 15.1 Å². The van der Waals surface area contributed by atoms with Crippen LogP contribution >= 0.6 is 0 Å². The molecule has 0 unspecified atom stereocenters. The molecule has 2 aliphatic heterocycles. The summed E-state index contributed by atoms with van der Waals surface area (Å²) in [6, 6.07) is -0.0634. The van der Waals surface area contributed by atoms with Gasteiger partial charge in [0.2, 0.25) is 5.91 Å². The smallest absolute Gasteiger partial charge is 0.317 e. The van der Waals surface area contributed by atoms with Crippen molar-refractivity contribution in [2.75, 3.05) is 20.1 Å². The second-order valence-corrected chi connectivity index (χ2v) is 7.06. The van der Waals surface area contributed by atoms with Gasteiger partial charge in [-0.1, -0.05) is 0 Å². The molecule has 2 N–H and O–H groups in total. The van der Waals surface area contributed by atoms with Crippen molar-refractivity contribution in [1.29, 1.82) is 0 Å². The van der Waals surface area contributed by atoms with Crippen molar-refractivity contribution in [3.8, 4) is 0 Å². The molecule has 23 heavy (non-hydrogen) atoms.